The number of thioether (sulfide) groups is 1. The minimum Gasteiger partial charge on any atom is -0.351 e. The predicted molar refractivity (Wildman–Crippen MR) is 111 cm³/mol. The van der Waals surface area contributed by atoms with E-state index < -0.39 is 0 Å². The molecule has 0 radical (unpaired) electrons. The summed E-state index contributed by atoms with van der Waals surface area (Å²) in [6.07, 6.45) is 4.38. The number of fused-ring (bicyclic) bond motifs is 3. The maximum absolute atomic E-state index is 12.5. The fourth-order valence-corrected chi connectivity index (χ4v) is 5.37. The van der Waals surface area contributed by atoms with E-state index in [0.717, 1.165) is 35.0 Å². The van der Waals surface area contributed by atoms with Crippen molar-refractivity contribution >= 4 is 39.2 Å². The largest absolute Gasteiger partial charge is 0.351 e. The Balaban J connectivity index is 1.35. The summed E-state index contributed by atoms with van der Waals surface area (Å²) in [7, 11) is 0. The van der Waals surface area contributed by atoms with Crippen molar-refractivity contribution in [1.29, 1.82) is 0 Å². The van der Waals surface area contributed by atoms with Gasteiger partial charge in [0.05, 0.1) is 16.9 Å². The van der Waals surface area contributed by atoms with Crippen molar-refractivity contribution in [3.05, 3.63) is 62.5 Å². The van der Waals surface area contributed by atoms with Crippen LogP contribution in [0.3, 0.4) is 0 Å². The lowest BCUT2D eigenvalue weighted by molar-refractivity contribution is -0.118. The van der Waals surface area contributed by atoms with E-state index in [1.54, 1.807) is 11.3 Å². The fourth-order valence-electron chi connectivity index (χ4n) is 3.36. The number of nitrogens with one attached hydrogen (secondary N) is 2. The number of H-pyrrole nitrogens is 1. The first-order valence-electron chi connectivity index (χ1n) is 9.12. The maximum Gasteiger partial charge on any atom is 0.259 e. The second-order valence-electron chi connectivity index (χ2n) is 6.66. The third-order valence-corrected chi connectivity index (χ3v) is 6.81. The quantitative estimate of drug-likeness (QED) is 0.666. The summed E-state index contributed by atoms with van der Waals surface area (Å²) in [5.41, 5.74) is 2.24. The molecular formula is C20H21N3O2S2. The maximum atomic E-state index is 12.5. The van der Waals surface area contributed by atoms with E-state index in [1.807, 2.05) is 30.3 Å². The van der Waals surface area contributed by atoms with Crippen molar-refractivity contribution in [2.75, 3.05) is 5.75 Å². The van der Waals surface area contributed by atoms with Crippen LogP contribution in [-0.4, -0.2) is 21.6 Å². The summed E-state index contributed by atoms with van der Waals surface area (Å²) in [6, 6.07) is 9.83. The highest BCUT2D eigenvalue weighted by atomic mass is 32.2. The lowest BCUT2D eigenvalue weighted by Crippen LogP contribution is -2.24. The van der Waals surface area contributed by atoms with Gasteiger partial charge >= 0.3 is 0 Å². The molecule has 3 aromatic rings. The first kappa shape index (κ1) is 18.3. The number of rotatable bonds is 6. The number of benzene rings is 1. The zero-order chi connectivity index (χ0) is 18.6. The molecule has 27 heavy (non-hydrogen) atoms. The SMILES string of the molecule is O=C(CSCc1nc2sc3c(c2c(=O)[nH]1)CCCC3)NCc1ccccc1. The van der Waals surface area contributed by atoms with E-state index in [9.17, 15) is 9.59 Å². The van der Waals surface area contributed by atoms with Crippen molar-refractivity contribution in [3.8, 4) is 0 Å². The summed E-state index contributed by atoms with van der Waals surface area (Å²) in [6.45, 7) is 0.530. The molecule has 0 saturated carbocycles. The molecule has 7 heteroatoms. The first-order chi connectivity index (χ1) is 13.2. The zero-order valence-corrected chi connectivity index (χ0v) is 16.5. The molecule has 0 fully saturated rings. The molecule has 1 aliphatic rings. The fraction of sp³-hybridized carbons (Fsp3) is 0.350. The monoisotopic (exact) mass is 399 g/mol. The van der Waals surface area contributed by atoms with Gasteiger partial charge in [0.1, 0.15) is 10.7 Å². The highest BCUT2D eigenvalue weighted by molar-refractivity contribution is 7.99. The molecule has 0 atom stereocenters. The van der Waals surface area contributed by atoms with Gasteiger partial charge in [-0.15, -0.1) is 23.1 Å². The highest BCUT2D eigenvalue weighted by Crippen LogP contribution is 2.33. The van der Waals surface area contributed by atoms with E-state index in [0.29, 0.717) is 23.9 Å². The Labute approximate surface area is 165 Å². The number of aryl methyl sites for hydroxylation is 2. The van der Waals surface area contributed by atoms with Crippen LogP contribution in [0.15, 0.2) is 35.1 Å². The number of nitrogens with zero attached hydrogens (tertiary/aromatic N) is 1. The van der Waals surface area contributed by atoms with Gasteiger partial charge in [-0.1, -0.05) is 30.3 Å². The molecule has 0 unspecified atom stereocenters. The van der Waals surface area contributed by atoms with Gasteiger partial charge in [-0.2, -0.15) is 0 Å². The van der Waals surface area contributed by atoms with Crippen LogP contribution in [0.25, 0.3) is 10.2 Å². The smallest absolute Gasteiger partial charge is 0.259 e. The van der Waals surface area contributed by atoms with E-state index >= 15 is 0 Å². The number of hydrogen-bond acceptors (Lipinski definition) is 5. The Hall–Kier alpha value is -2.12. The van der Waals surface area contributed by atoms with Crippen LogP contribution >= 0.6 is 23.1 Å². The van der Waals surface area contributed by atoms with E-state index in [1.165, 1.54) is 28.6 Å². The van der Waals surface area contributed by atoms with Gasteiger partial charge < -0.3 is 10.3 Å². The summed E-state index contributed by atoms with van der Waals surface area (Å²) in [4.78, 5) is 34.2. The van der Waals surface area contributed by atoms with Crippen molar-refractivity contribution in [2.24, 2.45) is 0 Å². The van der Waals surface area contributed by atoms with Crippen LogP contribution in [0.2, 0.25) is 0 Å². The van der Waals surface area contributed by atoms with Crippen molar-refractivity contribution < 1.29 is 4.79 Å². The van der Waals surface area contributed by atoms with Crippen molar-refractivity contribution in [2.45, 2.75) is 38.0 Å². The first-order valence-corrected chi connectivity index (χ1v) is 11.1. The second-order valence-corrected chi connectivity index (χ2v) is 8.73. The summed E-state index contributed by atoms with van der Waals surface area (Å²) < 4.78 is 0. The summed E-state index contributed by atoms with van der Waals surface area (Å²) >= 11 is 3.12. The lowest BCUT2D eigenvalue weighted by atomic mass is 9.97. The Morgan fingerprint density at radius 3 is 2.89 bits per heavy atom. The minimum atomic E-state index is -0.0384. The molecule has 1 aliphatic carbocycles. The molecule has 0 spiro atoms. The molecule has 2 aromatic heterocycles. The average molecular weight is 400 g/mol. The normalized spacial score (nSPS) is 13.5. The van der Waals surface area contributed by atoms with E-state index in [-0.39, 0.29) is 11.5 Å². The molecule has 2 N–H and O–H groups in total. The Morgan fingerprint density at radius 2 is 2.04 bits per heavy atom. The van der Waals surface area contributed by atoms with E-state index in [2.05, 4.69) is 15.3 Å². The third kappa shape index (κ3) is 4.25. The van der Waals surface area contributed by atoms with Crippen molar-refractivity contribution in [3.63, 3.8) is 0 Å². The Morgan fingerprint density at radius 1 is 1.22 bits per heavy atom. The van der Waals surface area contributed by atoms with Gasteiger partial charge in [0.15, 0.2) is 0 Å². The third-order valence-electron chi connectivity index (χ3n) is 4.68. The number of carbonyl (C=O) groups excluding carboxylic acids is 1. The van der Waals surface area contributed by atoms with Crippen LogP contribution in [0.5, 0.6) is 0 Å². The van der Waals surface area contributed by atoms with Crippen LogP contribution in [-0.2, 0) is 29.9 Å². The van der Waals surface area contributed by atoms with Crippen LogP contribution < -0.4 is 10.9 Å². The summed E-state index contributed by atoms with van der Waals surface area (Å²) in [5, 5.41) is 3.69. The van der Waals surface area contributed by atoms with Crippen LogP contribution in [0, 0.1) is 0 Å². The van der Waals surface area contributed by atoms with Gasteiger partial charge in [-0.25, -0.2) is 4.98 Å². The number of carbonyl (C=O) groups is 1. The number of hydrogen-bond donors (Lipinski definition) is 2. The summed E-state index contributed by atoms with van der Waals surface area (Å²) in [5.74, 6) is 1.49. The molecule has 2 heterocycles. The molecule has 1 amide bonds. The lowest BCUT2D eigenvalue weighted by Gasteiger charge is -2.09. The average Bonchev–Trinajstić information content (AvgIpc) is 3.06. The van der Waals surface area contributed by atoms with E-state index in [4.69, 9.17) is 0 Å². The topological polar surface area (TPSA) is 74.8 Å². The molecule has 1 aromatic carbocycles. The Bertz CT molecular complexity index is 1010. The molecule has 5 nitrogen and oxygen atoms in total. The molecule has 0 bridgehead atoms. The Kier molecular flexibility index (Phi) is 5.59. The number of aromatic amines is 1. The van der Waals surface area contributed by atoms with Crippen LogP contribution in [0.1, 0.15) is 34.7 Å². The van der Waals surface area contributed by atoms with Crippen molar-refractivity contribution in [1.82, 2.24) is 15.3 Å². The number of aromatic nitrogens is 2. The number of amides is 1. The molecular weight excluding hydrogens is 378 g/mol. The minimum absolute atomic E-state index is 0.0149. The van der Waals surface area contributed by atoms with Gasteiger partial charge in [0, 0.05) is 11.4 Å². The number of thiophene rings is 1. The highest BCUT2D eigenvalue weighted by Gasteiger charge is 2.19. The molecule has 0 aliphatic heterocycles. The molecule has 0 saturated heterocycles. The standard InChI is InChI=1S/C20H21N3O2S2/c24-17(21-10-13-6-2-1-3-7-13)12-26-11-16-22-19(25)18-14-8-4-5-9-15(14)27-20(18)23-16/h1-3,6-7H,4-5,8-12H2,(H,21,24)(H,22,23,25). The van der Waals surface area contributed by atoms with Gasteiger partial charge in [0.25, 0.3) is 5.56 Å². The zero-order valence-electron chi connectivity index (χ0n) is 14.9. The van der Waals surface area contributed by atoms with Gasteiger partial charge in [-0.05, 0) is 36.8 Å². The second kappa shape index (κ2) is 8.27. The molecule has 140 valence electrons. The van der Waals surface area contributed by atoms with Gasteiger partial charge in [-0.3, -0.25) is 9.59 Å². The molecule has 4 rings (SSSR count). The van der Waals surface area contributed by atoms with Crippen LogP contribution in [0.4, 0.5) is 0 Å². The van der Waals surface area contributed by atoms with Gasteiger partial charge in [0.2, 0.25) is 5.91 Å². The predicted octanol–water partition coefficient (Wildman–Crippen LogP) is 3.41.